The van der Waals surface area contributed by atoms with Gasteiger partial charge in [-0.05, 0) is 38.8 Å². The molecule has 0 N–H and O–H groups in total. The average molecular weight is 461 g/mol. The standard InChI is InChI=1S/C18H20BrF3N4O2/c1-17(2)15(24-25(16(17)27)9-5-4-8-19)11-6-7-14(28-3)26-12(11)10-13(23-26)18(20,21)22/h6-7,10H,4-5,8-9H2,1-3H3. The van der Waals surface area contributed by atoms with Gasteiger partial charge in [0.05, 0.1) is 23.8 Å². The minimum Gasteiger partial charge on any atom is -0.481 e. The van der Waals surface area contributed by atoms with E-state index >= 15 is 0 Å². The fraction of sp³-hybridized carbons (Fsp3) is 0.500. The number of nitrogens with zero attached hydrogens (tertiary/aromatic N) is 4. The van der Waals surface area contributed by atoms with Crippen LogP contribution in [0.2, 0.25) is 0 Å². The van der Waals surface area contributed by atoms with Crippen LogP contribution in [-0.4, -0.2) is 45.2 Å². The lowest BCUT2D eigenvalue weighted by atomic mass is 9.83. The predicted molar refractivity (Wildman–Crippen MR) is 102 cm³/mol. The van der Waals surface area contributed by atoms with Crippen molar-refractivity contribution in [1.82, 2.24) is 14.6 Å². The van der Waals surface area contributed by atoms with Crippen LogP contribution in [0, 0.1) is 5.41 Å². The number of unbranched alkanes of at least 4 members (excludes halogenated alkanes) is 1. The van der Waals surface area contributed by atoms with Gasteiger partial charge in [-0.1, -0.05) is 15.9 Å². The second kappa shape index (κ2) is 7.38. The number of alkyl halides is 4. The lowest BCUT2D eigenvalue weighted by molar-refractivity contribution is -0.141. The van der Waals surface area contributed by atoms with Gasteiger partial charge in [-0.2, -0.15) is 27.9 Å². The Morgan fingerprint density at radius 2 is 1.96 bits per heavy atom. The summed E-state index contributed by atoms with van der Waals surface area (Å²) in [6, 6.07) is 4.09. The molecule has 152 valence electrons. The van der Waals surface area contributed by atoms with E-state index < -0.39 is 17.3 Å². The molecule has 2 aromatic rings. The molecule has 0 bridgehead atoms. The Hall–Kier alpha value is -2.10. The van der Waals surface area contributed by atoms with E-state index in [2.05, 4.69) is 26.1 Å². The first-order chi connectivity index (χ1) is 13.1. The molecule has 3 heterocycles. The number of rotatable bonds is 6. The van der Waals surface area contributed by atoms with Crippen LogP contribution in [-0.2, 0) is 11.0 Å². The van der Waals surface area contributed by atoms with Crippen molar-refractivity contribution in [1.29, 1.82) is 0 Å². The van der Waals surface area contributed by atoms with E-state index in [-0.39, 0.29) is 17.3 Å². The fourth-order valence-corrected chi connectivity index (χ4v) is 3.55. The van der Waals surface area contributed by atoms with Crippen molar-refractivity contribution in [3.63, 3.8) is 0 Å². The van der Waals surface area contributed by atoms with E-state index in [0.29, 0.717) is 17.8 Å². The minimum atomic E-state index is -4.60. The predicted octanol–water partition coefficient (Wildman–Crippen LogP) is 4.11. The number of methoxy groups -OCH3 is 1. The van der Waals surface area contributed by atoms with Crippen LogP contribution < -0.4 is 4.74 Å². The van der Waals surface area contributed by atoms with E-state index in [1.54, 1.807) is 19.9 Å². The molecule has 3 rings (SSSR count). The fourth-order valence-electron chi connectivity index (χ4n) is 3.16. The molecule has 0 spiro atoms. The summed E-state index contributed by atoms with van der Waals surface area (Å²) in [5.74, 6) is -0.0206. The molecule has 1 amide bonds. The summed E-state index contributed by atoms with van der Waals surface area (Å²) in [7, 11) is 1.36. The molecule has 28 heavy (non-hydrogen) atoms. The van der Waals surface area contributed by atoms with E-state index in [0.717, 1.165) is 28.8 Å². The summed E-state index contributed by atoms with van der Waals surface area (Å²) >= 11 is 3.35. The smallest absolute Gasteiger partial charge is 0.435 e. The zero-order chi connectivity index (χ0) is 20.7. The van der Waals surface area contributed by atoms with Crippen LogP contribution in [0.4, 0.5) is 13.2 Å². The number of fused-ring (bicyclic) bond motifs is 1. The molecule has 1 aliphatic rings. The second-order valence-electron chi connectivity index (χ2n) is 7.01. The normalized spacial score (nSPS) is 16.8. The first kappa shape index (κ1) is 20.6. The van der Waals surface area contributed by atoms with Gasteiger partial charge in [-0.3, -0.25) is 4.79 Å². The van der Waals surface area contributed by atoms with Crippen molar-refractivity contribution in [3.05, 3.63) is 29.5 Å². The lowest BCUT2D eigenvalue weighted by Crippen LogP contribution is -2.35. The molecular weight excluding hydrogens is 441 g/mol. The van der Waals surface area contributed by atoms with Crippen molar-refractivity contribution in [2.24, 2.45) is 10.5 Å². The Labute approximate surface area is 168 Å². The first-order valence-electron chi connectivity index (χ1n) is 8.72. The van der Waals surface area contributed by atoms with E-state index in [1.807, 2.05) is 0 Å². The van der Waals surface area contributed by atoms with Gasteiger partial charge in [0.15, 0.2) is 5.69 Å². The molecule has 0 fully saturated rings. The molecule has 10 heteroatoms. The maximum Gasteiger partial charge on any atom is 0.435 e. The summed E-state index contributed by atoms with van der Waals surface area (Å²) in [4.78, 5) is 12.8. The van der Waals surface area contributed by atoms with Crippen LogP contribution in [0.15, 0.2) is 23.3 Å². The monoisotopic (exact) mass is 460 g/mol. The summed E-state index contributed by atoms with van der Waals surface area (Å²) in [6.45, 7) is 3.90. The number of hydrazone groups is 1. The molecule has 0 aromatic carbocycles. The Morgan fingerprint density at radius 1 is 1.25 bits per heavy atom. The molecule has 0 aliphatic carbocycles. The number of carbonyl (C=O) groups excluding carboxylic acids is 1. The third-order valence-electron chi connectivity index (χ3n) is 4.68. The molecular formula is C18H20BrF3N4O2. The molecule has 1 aliphatic heterocycles. The summed E-state index contributed by atoms with van der Waals surface area (Å²) < 4.78 is 45.9. The Balaban J connectivity index is 2.12. The first-order valence-corrected chi connectivity index (χ1v) is 9.84. The number of hydrogen-bond donors (Lipinski definition) is 0. The number of halogens is 4. The van der Waals surface area contributed by atoms with E-state index in [1.165, 1.54) is 18.2 Å². The maximum atomic E-state index is 13.2. The number of aromatic nitrogens is 2. The second-order valence-corrected chi connectivity index (χ2v) is 7.80. The van der Waals surface area contributed by atoms with Gasteiger partial charge < -0.3 is 4.74 Å². The molecule has 2 aromatic heterocycles. The number of carbonyl (C=O) groups is 1. The van der Waals surface area contributed by atoms with Crippen LogP contribution in [0.25, 0.3) is 5.52 Å². The summed E-state index contributed by atoms with van der Waals surface area (Å²) in [6.07, 6.45) is -2.94. The minimum absolute atomic E-state index is 0.158. The number of ether oxygens (including phenoxy) is 1. The summed E-state index contributed by atoms with van der Waals surface area (Å²) in [5, 5.41) is 10.3. The Morgan fingerprint density at radius 3 is 2.57 bits per heavy atom. The number of amides is 1. The molecule has 0 unspecified atom stereocenters. The van der Waals surface area contributed by atoms with Gasteiger partial charge in [-0.25, -0.2) is 5.01 Å². The number of hydrogen-bond acceptors (Lipinski definition) is 4. The molecule has 0 atom stereocenters. The van der Waals surface area contributed by atoms with Gasteiger partial charge in [0.25, 0.3) is 5.91 Å². The van der Waals surface area contributed by atoms with Gasteiger partial charge in [0, 0.05) is 23.5 Å². The maximum absolute atomic E-state index is 13.2. The van der Waals surface area contributed by atoms with Crippen molar-refractivity contribution in [2.45, 2.75) is 32.9 Å². The lowest BCUT2D eigenvalue weighted by Gasteiger charge is -2.20. The zero-order valence-corrected chi connectivity index (χ0v) is 17.3. The highest BCUT2D eigenvalue weighted by Gasteiger charge is 2.45. The largest absolute Gasteiger partial charge is 0.481 e. The molecule has 0 saturated carbocycles. The van der Waals surface area contributed by atoms with E-state index in [4.69, 9.17) is 4.74 Å². The molecule has 0 saturated heterocycles. The molecule has 6 nitrogen and oxygen atoms in total. The molecule has 0 radical (unpaired) electrons. The van der Waals surface area contributed by atoms with Crippen LogP contribution >= 0.6 is 15.9 Å². The topological polar surface area (TPSA) is 59.2 Å². The number of pyridine rings is 1. The van der Waals surface area contributed by atoms with Crippen molar-refractivity contribution >= 4 is 33.1 Å². The van der Waals surface area contributed by atoms with Gasteiger partial charge in [-0.15, -0.1) is 0 Å². The highest BCUT2D eigenvalue weighted by molar-refractivity contribution is 9.09. The third kappa shape index (κ3) is 3.49. The Bertz CT molecular complexity index is 937. The van der Waals surface area contributed by atoms with Crippen LogP contribution in [0.5, 0.6) is 5.88 Å². The van der Waals surface area contributed by atoms with Crippen LogP contribution in [0.3, 0.4) is 0 Å². The highest BCUT2D eigenvalue weighted by Crippen LogP contribution is 2.36. The zero-order valence-electron chi connectivity index (χ0n) is 15.7. The van der Waals surface area contributed by atoms with E-state index in [9.17, 15) is 18.0 Å². The third-order valence-corrected chi connectivity index (χ3v) is 5.24. The summed E-state index contributed by atoms with van der Waals surface area (Å²) in [5.41, 5.74) is -0.974. The van der Waals surface area contributed by atoms with Gasteiger partial charge in [0.1, 0.15) is 0 Å². The van der Waals surface area contributed by atoms with Gasteiger partial charge >= 0.3 is 6.18 Å². The van der Waals surface area contributed by atoms with Crippen LogP contribution in [0.1, 0.15) is 37.9 Å². The quantitative estimate of drug-likeness (QED) is 0.481. The SMILES string of the molecule is COc1ccc(C2=NN(CCCCBr)C(=O)C2(C)C)c2cc(C(F)(F)F)nn12. The Kier molecular flexibility index (Phi) is 5.44. The average Bonchev–Trinajstić information content (AvgIpc) is 3.17. The van der Waals surface area contributed by atoms with Gasteiger partial charge in [0.2, 0.25) is 5.88 Å². The van der Waals surface area contributed by atoms with Crippen molar-refractivity contribution < 1.29 is 22.7 Å². The van der Waals surface area contributed by atoms with Crippen molar-refractivity contribution in [3.8, 4) is 5.88 Å². The highest BCUT2D eigenvalue weighted by atomic mass is 79.9. The van der Waals surface area contributed by atoms with Crippen molar-refractivity contribution in [2.75, 3.05) is 19.0 Å².